The number of carbonyl (C=O) groups is 4. The Morgan fingerprint density at radius 2 is 0.419 bits per heavy atom. The third-order valence-electron chi connectivity index (χ3n) is 11.4. The minimum absolute atomic E-state index is 0. The molecule has 0 aromatic rings. The number of rotatable bonds is 20. The van der Waals surface area contributed by atoms with Gasteiger partial charge in [-0.2, -0.15) is 0 Å². The molecular weight excluding hydrogens is 1230 g/mol. The third-order valence-corrected chi connectivity index (χ3v) is 11.4. The molecule has 2 aliphatic heterocycles. The van der Waals surface area contributed by atoms with Crippen molar-refractivity contribution in [3.63, 3.8) is 0 Å². The number of unbranched alkanes of at least 4 members (excludes halogenated alkanes) is 4. The Balaban J connectivity index is -0.0000000602. The van der Waals surface area contributed by atoms with E-state index in [0.29, 0.717) is 178 Å². The fourth-order valence-corrected chi connectivity index (χ4v) is 6.41. The van der Waals surface area contributed by atoms with Gasteiger partial charge in [-0.15, -0.1) is 0 Å². The molecule has 504 valence electrons. The molecule has 2 rings (SSSR count). The summed E-state index contributed by atoms with van der Waals surface area (Å²) in [4.78, 5) is 41.4. The van der Waals surface area contributed by atoms with E-state index in [1.807, 2.05) is 27.7 Å². The molecule has 26 heteroatoms. The molecule has 4 atom stereocenters. The number of hydrogen-bond donors (Lipinski definition) is 1. The quantitative estimate of drug-likeness (QED) is 0.111. The molecule has 0 saturated carbocycles. The van der Waals surface area contributed by atoms with Gasteiger partial charge in [0.25, 0.3) is 0 Å². The number of aliphatic carboxylic acids is 4. The zero-order valence-corrected chi connectivity index (χ0v) is 66.2. The van der Waals surface area contributed by atoms with Gasteiger partial charge in [0, 0.05) is 17.9 Å². The van der Waals surface area contributed by atoms with E-state index in [1.165, 1.54) is 0 Å². The average molecular weight is 1360 g/mol. The van der Waals surface area contributed by atoms with E-state index in [2.05, 4.69) is 27.7 Å². The summed E-state index contributed by atoms with van der Waals surface area (Å²) < 4.78 is 63.9. The van der Waals surface area contributed by atoms with Gasteiger partial charge in [0.05, 0.1) is 164 Å². The molecule has 0 aromatic heterocycles. The summed E-state index contributed by atoms with van der Waals surface area (Å²) in [5.41, 5.74) is 0. The molecule has 0 aromatic carbocycles. The van der Waals surface area contributed by atoms with Crippen molar-refractivity contribution in [2.45, 2.75) is 188 Å². The van der Waals surface area contributed by atoms with Crippen LogP contribution in [0.5, 0.6) is 0 Å². The van der Waals surface area contributed by atoms with Crippen molar-refractivity contribution in [3.05, 3.63) is 0 Å². The Hall–Kier alpha value is 3.87. The van der Waals surface area contributed by atoms with Crippen LogP contribution in [0.4, 0.5) is 0 Å². The van der Waals surface area contributed by atoms with Crippen molar-refractivity contribution in [2.75, 3.05) is 159 Å². The number of carboxylic acid groups (broad SMARTS) is 4. The normalized spacial score (nSPS) is 16.1. The number of hydrogen-bond acceptors (Lipinski definition) is 20. The van der Waals surface area contributed by atoms with Crippen LogP contribution in [0.25, 0.3) is 0 Å². The van der Waals surface area contributed by atoms with E-state index in [-0.39, 0.29) is 270 Å². The van der Waals surface area contributed by atoms with Gasteiger partial charge in [-0.25, -0.2) is 0 Å². The van der Waals surface area contributed by atoms with Crippen molar-refractivity contribution < 1.29 is 313 Å². The van der Waals surface area contributed by atoms with Gasteiger partial charge in [0.1, 0.15) is 0 Å². The first-order chi connectivity index (χ1) is 36.9. The summed E-state index contributed by atoms with van der Waals surface area (Å²) in [7, 11) is 0. The minimum Gasteiger partial charge on any atom is -0.870 e. The van der Waals surface area contributed by atoms with Crippen LogP contribution in [0.1, 0.15) is 188 Å². The Morgan fingerprint density at radius 1 is 0.302 bits per heavy atom. The Kier molecular flexibility index (Phi) is 154. The van der Waals surface area contributed by atoms with Crippen LogP contribution < -0.4 is 221 Å². The minimum atomic E-state index is -0.893. The largest absolute Gasteiger partial charge is 1.00 e. The molecule has 0 bridgehead atoms. The summed E-state index contributed by atoms with van der Waals surface area (Å²) in [6.07, 6.45) is 14.3. The number of carboxylic acids is 4. The van der Waals surface area contributed by atoms with Gasteiger partial charge in [-0.3, -0.25) is 4.79 Å². The van der Waals surface area contributed by atoms with Gasteiger partial charge in [0.15, 0.2) is 0 Å². The van der Waals surface area contributed by atoms with Crippen LogP contribution in [-0.2, 0) is 76.0 Å². The van der Waals surface area contributed by atoms with Gasteiger partial charge < -0.3 is 103 Å². The fourth-order valence-electron chi connectivity index (χ4n) is 6.41. The second-order valence-corrected chi connectivity index (χ2v) is 17.6. The molecule has 0 radical (unpaired) electrons. The van der Waals surface area contributed by atoms with E-state index in [1.54, 1.807) is 0 Å². The van der Waals surface area contributed by atoms with Crippen LogP contribution in [-0.4, -0.2) is 199 Å². The molecule has 4 unspecified atom stereocenters. The Bertz CT molecular complexity index is 923. The maximum Gasteiger partial charge on any atom is 1.00 e. The Morgan fingerprint density at radius 3 is 0.500 bits per heavy atom. The second-order valence-electron chi connectivity index (χ2n) is 17.6. The van der Waals surface area contributed by atoms with Crippen LogP contribution in [0.3, 0.4) is 0 Å². The van der Waals surface area contributed by atoms with Crippen molar-refractivity contribution >= 4 is 23.9 Å². The first-order valence-corrected chi connectivity index (χ1v) is 28.7. The van der Waals surface area contributed by atoms with Gasteiger partial charge in [-0.05, 0) is 69.1 Å². The molecule has 2 saturated heterocycles. The number of ether oxygens (including phenoxy) is 12. The summed E-state index contributed by atoms with van der Waals surface area (Å²) in [6.45, 7) is 29.9. The van der Waals surface area contributed by atoms with E-state index in [0.717, 1.165) is 83.5 Å². The SMILES string of the molecule is C.C.C.C.C1COCCOCCOCCOCCOCCO1.C1COCCOCCOCCOCCOCCO1.CCCCC(CC)C(=O)O.CCCCC(CC)C(=O)[O-].CCCCC(CC)C(=O)[O-].CCCCC(CC)C(=O)[O-].O.[K+].[K+].[K+].[K+].[OH-]. The summed E-state index contributed by atoms with van der Waals surface area (Å²) in [5.74, 6) is -4.10. The monoisotopic (exact) mass is 1360 g/mol. The first kappa shape index (κ1) is 123. The molecule has 86 heavy (non-hydrogen) atoms. The molecule has 0 aliphatic carbocycles. The summed E-state index contributed by atoms with van der Waals surface area (Å²) in [6, 6.07) is 0. The van der Waals surface area contributed by atoms with Crippen LogP contribution >= 0.6 is 0 Å². The Labute approximate surface area is 695 Å². The molecule has 2 aliphatic rings. The topological polar surface area (TPSA) is 330 Å². The van der Waals surface area contributed by atoms with E-state index < -0.39 is 23.9 Å². The van der Waals surface area contributed by atoms with E-state index in [4.69, 9.17) is 61.9 Å². The van der Waals surface area contributed by atoms with Gasteiger partial charge in [0.2, 0.25) is 0 Å². The van der Waals surface area contributed by atoms with Gasteiger partial charge in [-0.1, -0.05) is 136 Å². The second kappa shape index (κ2) is 108. The molecule has 2 heterocycles. The predicted octanol–water partition coefficient (Wildman–Crippen LogP) is -5.10. The third kappa shape index (κ3) is 104. The maximum atomic E-state index is 10.4. The average Bonchev–Trinajstić information content (AvgIpc) is 3.40. The fraction of sp³-hybridized carbons (Fsp3) is 0.933. The summed E-state index contributed by atoms with van der Waals surface area (Å²) >= 11 is 0. The van der Waals surface area contributed by atoms with E-state index >= 15 is 0 Å². The smallest absolute Gasteiger partial charge is 0.870 e. The van der Waals surface area contributed by atoms with Gasteiger partial charge >= 0.3 is 212 Å². The van der Waals surface area contributed by atoms with Crippen LogP contribution in [0.2, 0.25) is 0 Å². The summed E-state index contributed by atoms with van der Waals surface area (Å²) in [5, 5.41) is 39.6. The standard InChI is InChI=1S/2C12H24O6.4C8H16O2.4CH4.4K.2H2O/c2*1-2-14-5-6-16-9-10-18-12-11-17-8-7-15-4-3-13-1;4*1-3-5-6-7(4-2)8(9)10;;;;;;;;;;/h2*1-12H2;4*7H,3-6H2,1-2H3,(H,9,10);4*1H4;;;;;2*1H2/q;;;;;;;;;;4*+1;;/p-4. The molecule has 2 fully saturated rings. The zero-order valence-electron chi connectivity index (χ0n) is 53.7. The first-order valence-electron chi connectivity index (χ1n) is 28.7. The molecule has 22 nitrogen and oxygen atoms in total. The molecule has 0 spiro atoms. The van der Waals surface area contributed by atoms with Crippen molar-refractivity contribution in [1.82, 2.24) is 0 Å². The van der Waals surface area contributed by atoms with Crippen molar-refractivity contribution in [1.29, 1.82) is 0 Å². The van der Waals surface area contributed by atoms with E-state index in [9.17, 15) is 34.5 Å². The van der Waals surface area contributed by atoms with Crippen molar-refractivity contribution in [3.8, 4) is 0 Å². The number of carbonyl (C=O) groups excluding carboxylic acids is 3. The molecular formula is C60H128K4O22. The maximum absolute atomic E-state index is 10.4. The van der Waals surface area contributed by atoms with Crippen molar-refractivity contribution in [2.24, 2.45) is 23.7 Å². The van der Waals surface area contributed by atoms with Crippen LogP contribution in [0.15, 0.2) is 0 Å². The molecule has 4 N–H and O–H groups in total. The molecule has 0 amide bonds. The van der Waals surface area contributed by atoms with Crippen LogP contribution in [0, 0.1) is 23.7 Å². The zero-order chi connectivity index (χ0) is 57.4. The predicted molar refractivity (Wildman–Crippen MR) is 318 cm³/mol.